The molecule has 0 bridgehead atoms. The van der Waals surface area contributed by atoms with Gasteiger partial charge in [0.05, 0.1) is 0 Å². The van der Waals surface area contributed by atoms with E-state index in [0.29, 0.717) is 0 Å². The smallest absolute Gasteiger partial charge is 0.258 e. The van der Waals surface area contributed by atoms with E-state index in [0.717, 1.165) is 24.1 Å². The molecule has 0 saturated carbocycles. The first-order valence-electron chi connectivity index (χ1n) is 8.30. The van der Waals surface area contributed by atoms with Crippen LogP contribution in [0.15, 0.2) is 48.5 Å². The summed E-state index contributed by atoms with van der Waals surface area (Å²) in [4.78, 5) is 14.4. The lowest BCUT2D eigenvalue weighted by molar-refractivity contribution is 0.0993. The van der Waals surface area contributed by atoms with E-state index in [1.165, 1.54) is 11.1 Å². The molecule has 2 heteroatoms. The van der Waals surface area contributed by atoms with Crippen LogP contribution in [-0.4, -0.2) is 13.0 Å². The molecule has 0 heterocycles. The first-order valence-corrected chi connectivity index (χ1v) is 8.30. The van der Waals surface area contributed by atoms with Gasteiger partial charge in [-0.3, -0.25) is 4.79 Å². The highest BCUT2D eigenvalue weighted by molar-refractivity contribution is 6.05. The molecule has 0 aromatic heterocycles. The molecule has 2 rings (SSSR count). The maximum absolute atomic E-state index is 12.6. The molecular weight excluding hydrogens is 282 g/mol. The standard InChI is InChI=1S/C21H27NO/c1-6-7-16-8-14-19(15-9-16)22(5)20(23)17-10-12-18(13-11-17)21(2,3)4/h8-15H,6-7H2,1-5H3. The van der Waals surface area contributed by atoms with E-state index in [-0.39, 0.29) is 11.3 Å². The Kier molecular flexibility index (Phi) is 5.25. The van der Waals surface area contributed by atoms with E-state index >= 15 is 0 Å². The fourth-order valence-corrected chi connectivity index (χ4v) is 2.60. The van der Waals surface area contributed by atoms with Gasteiger partial charge in [0.25, 0.3) is 5.91 Å². The van der Waals surface area contributed by atoms with Gasteiger partial charge >= 0.3 is 0 Å². The van der Waals surface area contributed by atoms with E-state index in [9.17, 15) is 4.79 Å². The Labute approximate surface area is 140 Å². The number of nitrogens with zero attached hydrogens (tertiary/aromatic N) is 1. The van der Waals surface area contributed by atoms with Crippen LogP contribution in [0.25, 0.3) is 0 Å². The van der Waals surface area contributed by atoms with Crippen LogP contribution in [0.3, 0.4) is 0 Å². The van der Waals surface area contributed by atoms with Crippen molar-refractivity contribution in [2.75, 3.05) is 11.9 Å². The minimum atomic E-state index is 0.0219. The number of anilines is 1. The summed E-state index contributed by atoms with van der Waals surface area (Å²) in [6, 6.07) is 16.2. The van der Waals surface area contributed by atoms with Gasteiger partial charge in [0.15, 0.2) is 0 Å². The predicted molar refractivity (Wildman–Crippen MR) is 98.3 cm³/mol. The molecule has 0 unspecified atom stereocenters. The van der Waals surface area contributed by atoms with E-state index in [1.54, 1.807) is 4.90 Å². The molecule has 0 fully saturated rings. The van der Waals surface area contributed by atoms with Gasteiger partial charge < -0.3 is 4.90 Å². The van der Waals surface area contributed by atoms with Gasteiger partial charge in [0.2, 0.25) is 0 Å². The molecule has 0 saturated heterocycles. The van der Waals surface area contributed by atoms with Crippen molar-refractivity contribution in [1.82, 2.24) is 0 Å². The van der Waals surface area contributed by atoms with Gasteiger partial charge in [-0.2, -0.15) is 0 Å². The lowest BCUT2D eigenvalue weighted by Gasteiger charge is -2.21. The normalized spacial score (nSPS) is 11.3. The van der Waals surface area contributed by atoms with Crippen molar-refractivity contribution >= 4 is 11.6 Å². The summed E-state index contributed by atoms with van der Waals surface area (Å²) in [6.45, 7) is 8.69. The second-order valence-corrected chi connectivity index (χ2v) is 7.11. The quantitative estimate of drug-likeness (QED) is 0.759. The fraction of sp³-hybridized carbons (Fsp3) is 0.381. The van der Waals surface area contributed by atoms with Crippen molar-refractivity contribution in [3.8, 4) is 0 Å². The average molecular weight is 309 g/mol. The molecule has 1 amide bonds. The summed E-state index contributed by atoms with van der Waals surface area (Å²) in [5.41, 5.74) is 4.29. The highest BCUT2D eigenvalue weighted by Gasteiger charge is 2.16. The Bertz CT molecular complexity index is 648. The zero-order valence-corrected chi connectivity index (χ0v) is 14.9. The Balaban J connectivity index is 2.15. The highest BCUT2D eigenvalue weighted by Crippen LogP contribution is 2.23. The van der Waals surface area contributed by atoms with Crippen molar-refractivity contribution in [1.29, 1.82) is 0 Å². The number of carbonyl (C=O) groups excluding carboxylic acids is 1. The topological polar surface area (TPSA) is 20.3 Å². The van der Waals surface area contributed by atoms with Gasteiger partial charge in [-0.15, -0.1) is 0 Å². The van der Waals surface area contributed by atoms with Crippen molar-refractivity contribution < 1.29 is 4.79 Å². The SMILES string of the molecule is CCCc1ccc(N(C)C(=O)c2ccc(C(C)(C)C)cc2)cc1. The minimum absolute atomic E-state index is 0.0219. The van der Waals surface area contributed by atoms with Crippen LogP contribution < -0.4 is 4.90 Å². The molecule has 2 aromatic rings. The molecule has 2 aromatic carbocycles. The first kappa shape index (κ1) is 17.3. The molecule has 0 aliphatic heterocycles. The van der Waals surface area contributed by atoms with E-state index in [2.05, 4.69) is 39.8 Å². The van der Waals surface area contributed by atoms with E-state index < -0.39 is 0 Å². The number of hydrogen-bond acceptors (Lipinski definition) is 1. The first-order chi connectivity index (χ1) is 10.8. The fourth-order valence-electron chi connectivity index (χ4n) is 2.60. The second kappa shape index (κ2) is 6.99. The summed E-state index contributed by atoms with van der Waals surface area (Å²) in [6.07, 6.45) is 2.21. The molecule has 0 aliphatic carbocycles. The molecule has 0 aliphatic rings. The van der Waals surface area contributed by atoms with Crippen LogP contribution in [0.5, 0.6) is 0 Å². The highest BCUT2D eigenvalue weighted by atomic mass is 16.2. The monoisotopic (exact) mass is 309 g/mol. The molecule has 23 heavy (non-hydrogen) atoms. The van der Waals surface area contributed by atoms with Crippen molar-refractivity contribution in [3.05, 3.63) is 65.2 Å². The van der Waals surface area contributed by atoms with Crippen molar-refractivity contribution in [3.63, 3.8) is 0 Å². The maximum atomic E-state index is 12.6. The number of hydrogen-bond donors (Lipinski definition) is 0. The molecule has 2 nitrogen and oxygen atoms in total. The van der Waals surface area contributed by atoms with Crippen LogP contribution in [0, 0.1) is 0 Å². The Morgan fingerprint density at radius 3 is 2.00 bits per heavy atom. The summed E-state index contributed by atoms with van der Waals surface area (Å²) in [7, 11) is 1.83. The Hall–Kier alpha value is -2.09. The molecule has 122 valence electrons. The van der Waals surface area contributed by atoms with E-state index in [1.807, 2.05) is 43.4 Å². The van der Waals surface area contributed by atoms with Gasteiger partial charge in [-0.25, -0.2) is 0 Å². The predicted octanol–water partition coefficient (Wildman–Crippen LogP) is 5.21. The van der Waals surface area contributed by atoms with Gasteiger partial charge in [-0.05, 0) is 47.2 Å². The lowest BCUT2D eigenvalue weighted by atomic mass is 9.86. The third kappa shape index (κ3) is 4.22. The number of benzene rings is 2. The maximum Gasteiger partial charge on any atom is 0.258 e. The summed E-state index contributed by atoms with van der Waals surface area (Å²) >= 11 is 0. The second-order valence-electron chi connectivity index (χ2n) is 7.11. The van der Waals surface area contributed by atoms with Crippen LogP contribution >= 0.6 is 0 Å². The van der Waals surface area contributed by atoms with Gasteiger partial charge in [0.1, 0.15) is 0 Å². The van der Waals surface area contributed by atoms with Crippen molar-refractivity contribution in [2.45, 2.75) is 46.0 Å². The summed E-state index contributed by atoms with van der Waals surface area (Å²) in [5, 5.41) is 0. The zero-order valence-electron chi connectivity index (χ0n) is 14.9. The number of amides is 1. The number of rotatable bonds is 4. The minimum Gasteiger partial charge on any atom is -0.311 e. The third-order valence-corrected chi connectivity index (χ3v) is 4.16. The van der Waals surface area contributed by atoms with Crippen LogP contribution in [0.2, 0.25) is 0 Å². The van der Waals surface area contributed by atoms with E-state index in [4.69, 9.17) is 0 Å². The zero-order chi connectivity index (χ0) is 17.0. The Morgan fingerprint density at radius 1 is 0.957 bits per heavy atom. The van der Waals surface area contributed by atoms with Gasteiger partial charge in [-0.1, -0.05) is 58.4 Å². The number of aryl methyl sites for hydroxylation is 1. The lowest BCUT2D eigenvalue weighted by Crippen LogP contribution is -2.26. The van der Waals surface area contributed by atoms with Crippen LogP contribution in [0.4, 0.5) is 5.69 Å². The van der Waals surface area contributed by atoms with Gasteiger partial charge in [0, 0.05) is 18.3 Å². The Morgan fingerprint density at radius 2 is 1.52 bits per heavy atom. The molecule has 0 N–H and O–H groups in total. The summed E-state index contributed by atoms with van der Waals surface area (Å²) < 4.78 is 0. The number of carbonyl (C=O) groups is 1. The molecule has 0 radical (unpaired) electrons. The third-order valence-electron chi connectivity index (χ3n) is 4.16. The largest absolute Gasteiger partial charge is 0.311 e. The van der Waals surface area contributed by atoms with Crippen LogP contribution in [0.1, 0.15) is 55.6 Å². The van der Waals surface area contributed by atoms with Crippen LogP contribution in [-0.2, 0) is 11.8 Å². The summed E-state index contributed by atoms with van der Waals surface area (Å²) in [5.74, 6) is 0.0219. The molecule has 0 spiro atoms. The molecule has 0 atom stereocenters. The molecular formula is C21H27NO. The average Bonchev–Trinajstić information content (AvgIpc) is 2.54. The van der Waals surface area contributed by atoms with Crippen molar-refractivity contribution in [2.24, 2.45) is 0 Å².